The number of rotatable bonds is 4. The van der Waals surface area contributed by atoms with Gasteiger partial charge in [0.2, 0.25) is 0 Å². The number of likely N-dealkylation sites (tertiary alicyclic amines) is 1. The molecule has 0 spiro atoms. The van der Waals surface area contributed by atoms with E-state index >= 15 is 0 Å². The molecule has 0 bridgehead atoms. The summed E-state index contributed by atoms with van der Waals surface area (Å²) in [4.78, 5) is 23.3. The maximum Gasteiger partial charge on any atom is 0.410 e. The van der Waals surface area contributed by atoms with Gasteiger partial charge in [-0.25, -0.2) is 4.79 Å². The quantitative estimate of drug-likeness (QED) is 0.710. The largest absolute Gasteiger partial charge is 0.481 e. The highest BCUT2D eigenvalue weighted by Crippen LogP contribution is 2.33. The van der Waals surface area contributed by atoms with Gasteiger partial charge in [0.25, 0.3) is 0 Å². The molecular weight excluding hydrogens is 198 g/mol. The van der Waals surface area contributed by atoms with Gasteiger partial charge in [0, 0.05) is 18.5 Å². The number of carboxylic acid groups (broad SMARTS) is 1. The SMILES string of the molecule is C=CCOC(=O)N1CC(C)(CC(=O)O)C1. The Morgan fingerprint density at radius 2 is 2.20 bits per heavy atom. The van der Waals surface area contributed by atoms with Gasteiger partial charge in [-0.2, -0.15) is 0 Å². The predicted molar refractivity (Wildman–Crippen MR) is 53.5 cm³/mol. The van der Waals surface area contributed by atoms with Crippen LogP contribution in [-0.2, 0) is 9.53 Å². The lowest BCUT2D eigenvalue weighted by molar-refractivity contribution is -0.142. The number of hydrogen-bond acceptors (Lipinski definition) is 3. The Hall–Kier alpha value is -1.52. The standard InChI is InChI=1S/C10H15NO4/c1-3-4-15-9(14)11-6-10(2,7-11)5-8(12)13/h3H,1,4-7H2,2H3,(H,12,13). The molecule has 5 nitrogen and oxygen atoms in total. The Bertz CT molecular complexity index is 281. The fraction of sp³-hybridized carbons (Fsp3) is 0.600. The van der Waals surface area contributed by atoms with Crippen molar-refractivity contribution < 1.29 is 19.4 Å². The first-order chi connectivity index (χ1) is 6.97. The third kappa shape index (κ3) is 2.97. The Morgan fingerprint density at radius 1 is 1.60 bits per heavy atom. The third-order valence-electron chi connectivity index (χ3n) is 2.31. The first kappa shape index (κ1) is 11.6. The summed E-state index contributed by atoms with van der Waals surface area (Å²) in [5, 5.41) is 8.63. The molecule has 0 aromatic heterocycles. The van der Waals surface area contributed by atoms with E-state index in [-0.39, 0.29) is 18.4 Å². The molecule has 1 saturated heterocycles. The van der Waals surface area contributed by atoms with Crippen LogP contribution in [0.5, 0.6) is 0 Å². The average Bonchev–Trinajstić information content (AvgIpc) is 2.09. The van der Waals surface area contributed by atoms with E-state index in [2.05, 4.69) is 6.58 Å². The predicted octanol–water partition coefficient (Wildman–Crippen LogP) is 1.11. The summed E-state index contributed by atoms with van der Waals surface area (Å²) in [6, 6.07) is 0. The molecule has 1 N–H and O–H groups in total. The van der Waals surface area contributed by atoms with E-state index < -0.39 is 12.1 Å². The van der Waals surface area contributed by atoms with E-state index in [1.165, 1.54) is 11.0 Å². The van der Waals surface area contributed by atoms with E-state index in [1.54, 1.807) is 0 Å². The summed E-state index contributed by atoms with van der Waals surface area (Å²) in [5.41, 5.74) is -0.307. The summed E-state index contributed by atoms with van der Waals surface area (Å²) < 4.78 is 4.81. The van der Waals surface area contributed by atoms with Crippen LogP contribution in [0.15, 0.2) is 12.7 Å². The fourth-order valence-corrected chi connectivity index (χ4v) is 1.70. The van der Waals surface area contributed by atoms with Crippen molar-refractivity contribution in [2.45, 2.75) is 13.3 Å². The molecule has 0 aliphatic carbocycles. The van der Waals surface area contributed by atoms with Crippen LogP contribution in [-0.4, -0.2) is 41.8 Å². The Labute approximate surface area is 88.3 Å². The van der Waals surface area contributed by atoms with Gasteiger partial charge in [-0.3, -0.25) is 4.79 Å². The van der Waals surface area contributed by atoms with Gasteiger partial charge in [-0.15, -0.1) is 0 Å². The topological polar surface area (TPSA) is 66.8 Å². The summed E-state index contributed by atoms with van der Waals surface area (Å²) in [7, 11) is 0. The van der Waals surface area contributed by atoms with Crippen molar-refractivity contribution in [3.63, 3.8) is 0 Å². The number of hydrogen-bond donors (Lipinski definition) is 1. The number of nitrogens with zero attached hydrogens (tertiary/aromatic N) is 1. The molecule has 0 radical (unpaired) electrons. The average molecular weight is 213 g/mol. The lowest BCUT2D eigenvalue weighted by atomic mass is 9.79. The van der Waals surface area contributed by atoms with Crippen LogP contribution in [0.4, 0.5) is 4.79 Å². The first-order valence-corrected chi connectivity index (χ1v) is 4.71. The maximum absolute atomic E-state index is 11.3. The van der Waals surface area contributed by atoms with Crippen LogP contribution in [0.1, 0.15) is 13.3 Å². The first-order valence-electron chi connectivity index (χ1n) is 4.71. The molecule has 5 heteroatoms. The van der Waals surface area contributed by atoms with Crippen molar-refractivity contribution in [3.05, 3.63) is 12.7 Å². The molecule has 0 aromatic carbocycles. The molecule has 1 heterocycles. The van der Waals surface area contributed by atoms with Gasteiger partial charge < -0.3 is 14.7 Å². The fourth-order valence-electron chi connectivity index (χ4n) is 1.70. The summed E-state index contributed by atoms with van der Waals surface area (Å²) in [6.07, 6.45) is 1.17. The number of carbonyl (C=O) groups is 2. The summed E-state index contributed by atoms with van der Waals surface area (Å²) in [6.45, 7) is 6.34. The number of ether oxygens (including phenoxy) is 1. The van der Waals surface area contributed by atoms with E-state index in [0.717, 1.165) is 0 Å². The van der Waals surface area contributed by atoms with Crippen LogP contribution in [0.3, 0.4) is 0 Å². The Kier molecular flexibility index (Phi) is 3.34. The molecule has 0 saturated carbocycles. The monoisotopic (exact) mass is 213 g/mol. The lowest BCUT2D eigenvalue weighted by Crippen LogP contribution is -2.57. The molecule has 0 atom stereocenters. The maximum atomic E-state index is 11.3. The molecule has 84 valence electrons. The van der Waals surface area contributed by atoms with E-state index in [4.69, 9.17) is 9.84 Å². The van der Waals surface area contributed by atoms with Gasteiger partial charge in [-0.05, 0) is 0 Å². The van der Waals surface area contributed by atoms with Crippen molar-refractivity contribution >= 4 is 12.1 Å². The van der Waals surface area contributed by atoms with Gasteiger partial charge >= 0.3 is 12.1 Å². The van der Waals surface area contributed by atoms with Crippen LogP contribution in [0.2, 0.25) is 0 Å². The molecule has 1 aliphatic rings. The molecule has 0 aromatic rings. The molecular formula is C10H15NO4. The minimum Gasteiger partial charge on any atom is -0.481 e. The van der Waals surface area contributed by atoms with Gasteiger partial charge in [0.15, 0.2) is 0 Å². The molecule has 1 rings (SSSR count). The zero-order valence-electron chi connectivity index (χ0n) is 8.73. The van der Waals surface area contributed by atoms with E-state index in [0.29, 0.717) is 13.1 Å². The molecule has 1 aliphatic heterocycles. The molecule has 0 unspecified atom stereocenters. The second-order valence-electron chi connectivity index (χ2n) is 4.10. The van der Waals surface area contributed by atoms with Crippen molar-refractivity contribution in [1.29, 1.82) is 0 Å². The van der Waals surface area contributed by atoms with Crippen LogP contribution in [0, 0.1) is 5.41 Å². The van der Waals surface area contributed by atoms with E-state index in [9.17, 15) is 9.59 Å². The highest BCUT2D eigenvalue weighted by Gasteiger charge is 2.43. The molecule has 1 fully saturated rings. The van der Waals surface area contributed by atoms with Gasteiger partial charge in [0.1, 0.15) is 6.61 Å². The second kappa shape index (κ2) is 4.33. The third-order valence-corrected chi connectivity index (χ3v) is 2.31. The highest BCUT2D eigenvalue weighted by molar-refractivity contribution is 5.71. The van der Waals surface area contributed by atoms with Crippen LogP contribution >= 0.6 is 0 Å². The zero-order chi connectivity index (χ0) is 11.5. The smallest absolute Gasteiger partial charge is 0.410 e. The van der Waals surface area contributed by atoms with Crippen LogP contribution < -0.4 is 0 Å². The normalized spacial score (nSPS) is 17.8. The number of carboxylic acids is 1. The van der Waals surface area contributed by atoms with Crippen molar-refractivity contribution in [2.75, 3.05) is 19.7 Å². The van der Waals surface area contributed by atoms with Gasteiger partial charge in [-0.1, -0.05) is 19.6 Å². The van der Waals surface area contributed by atoms with Crippen molar-refractivity contribution in [3.8, 4) is 0 Å². The molecule has 1 amide bonds. The second-order valence-corrected chi connectivity index (χ2v) is 4.10. The zero-order valence-corrected chi connectivity index (χ0v) is 8.73. The highest BCUT2D eigenvalue weighted by atomic mass is 16.6. The van der Waals surface area contributed by atoms with Crippen molar-refractivity contribution in [2.24, 2.45) is 5.41 Å². The summed E-state index contributed by atoms with van der Waals surface area (Å²) >= 11 is 0. The number of carbonyl (C=O) groups excluding carboxylic acids is 1. The van der Waals surface area contributed by atoms with E-state index in [1.807, 2.05) is 6.92 Å². The number of aliphatic carboxylic acids is 1. The van der Waals surface area contributed by atoms with Gasteiger partial charge in [0.05, 0.1) is 6.42 Å². The minimum atomic E-state index is -0.836. The minimum absolute atomic E-state index is 0.0816. The summed E-state index contributed by atoms with van der Waals surface area (Å²) in [5.74, 6) is -0.836. The Morgan fingerprint density at radius 3 is 2.67 bits per heavy atom. The van der Waals surface area contributed by atoms with Crippen LogP contribution in [0.25, 0.3) is 0 Å². The molecule has 15 heavy (non-hydrogen) atoms. The van der Waals surface area contributed by atoms with Crippen molar-refractivity contribution in [1.82, 2.24) is 4.90 Å². The Balaban J connectivity index is 2.32. The lowest BCUT2D eigenvalue weighted by Gasteiger charge is -2.46. The number of amides is 1.